The molecule has 0 bridgehead atoms. The van der Waals surface area contributed by atoms with E-state index in [0.29, 0.717) is 23.7 Å². The Morgan fingerprint density at radius 1 is 1.50 bits per heavy atom. The van der Waals surface area contributed by atoms with Crippen LogP contribution in [0.4, 0.5) is 0 Å². The number of hydroxylamine groups is 2. The van der Waals surface area contributed by atoms with E-state index in [2.05, 4.69) is 15.3 Å². The van der Waals surface area contributed by atoms with Crippen LogP contribution in [0, 0.1) is 12.8 Å². The predicted octanol–water partition coefficient (Wildman–Crippen LogP) is 2.14. The molecule has 0 spiro atoms. The minimum Gasteiger partial charge on any atom is -0.349 e. The summed E-state index contributed by atoms with van der Waals surface area (Å²) in [6, 6.07) is 5.93. The molecule has 0 radical (unpaired) electrons. The van der Waals surface area contributed by atoms with Gasteiger partial charge >= 0.3 is 0 Å². The largest absolute Gasteiger partial charge is 0.349 e. The molecule has 1 atom stereocenters. The van der Waals surface area contributed by atoms with Gasteiger partial charge in [-0.15, -0.1) is 0 Å². The van der Waals surface area contributed by atoms with Crippen molar-refractivity contribution < 1.29 is 14.8 Å². The standard InChI is InChI=1S/C17H24N4O3/c1-3-4-5-13(10-21(24)11-22)17(23)18-9-16-19-14-7-6-12(2)8-15(14)20-16/h6-8,11,13,24H,3-5,9-10H2,1-2H3,(H,18,23)(H,19,20). The van der Waals surface area contributed by atoms with Crippen LogP contribution in [0.15, 0.2) is 18.2 Å². The first kappa shape index (κ1) is 17.9. The zero-order chi connectivity index (χ0) is 17.5. The first-order chi connectivity index (χ1) is 11.5. The Labute approximate surface area is 141 Å². The quantitative estimate of drug-likeness (QED) is 0.372. The number of fused-ring (bicyclic) bond motifs is 1. The molecule has 0 aliphatic heterocycles. The molecule has 1 unspecified atom stereocenters. The Morgan fingerprint density at radius 2 is 2.29 bits per heavy atom. The molecule has 0 aliphatic carbocycles. The molecule has 2 rings (SSSR count). The summed E-state index contributed by atoms with van der Waals surface area (Å²) < 4.78 is 0. The topological polar surface area (TPSA) is 98.3 Å². The van der Waals surface area contributed by atoms with Crippen molar-refractivity contribution >= 4 is 23.4 Å². The second-order valence-electron chi connectivity index (χ2n) is 5.99. The molecule has 1 heterocycles. The maximum absolute atomic E-state index is 12.3. The van der Waals surface area contributed by atoms with Crippen LogP contribution >= 0.6 is 0 Å². The van der Waals surface area contributed by atoms with Crippen LogP contribution in [-0.2, 0) is 16.1 Å². The number of hydrogen-bond acceptors (Lipinski definition) is 4. The number of carbonyl (C=O) groups is 2. The summed E-state index contributed by atoms with van der Waals surface area (Å²) in [5, 5.41) is 12.7. The van der Waals surface area contributed by atoms with Gasteiger partial charge in [0.1, 0.15) is 5.82 Å². The number of aryl methyl sites for hydroxylation is 1. The summed E-state index contributed by atoms with van der Waals surface area (Å²) in [7, 11) is 0. The summed E-state index contributed by atoms with van der Waals surface area (Å²) in [6.45, 7) is 4.31. The average molecular weight is 332 g/mol. The average Bonchev–Trinajstić information content (AvgIpc) is 2.98. The predicted molar refractivity (Wildman–Crippen MR) is 90.2 cm³/mol. The third kappa shape index (κ3) is 4.79. The van der Waals surface area contributed by atoms with Gasteiger partial charge in [0.25, 0.3) is 0 Å². The lowest BCUT2D eigenvalue weighted by molar-refractivity contribution is -0.154. The molecule has 1 aromatic heterocycles. The minimum absolute atomic E-state index is 0.00530. The van der Waals surface area contributed by atoms with E-state index in [1.165, 1.54) is 0 Å². The van der Waals surface area contributed by atoms with E-state index in [9.17, 15) is 14.8 Å². The van der Waals surface area contributed by atoms with E-state index >= 15 is 0 Å². The molecule has 0 saturated carbocycles. The molecular formula is C17H24N4O3. The zero-order valence-electron chi connectivity index (χ0n) is 14.1. The highest BCUT2D eigenvalue weighted by Crippen LogP contribution is 2.14. The number of benzene rings is 1. The highest BCUT2D eigenvalue weighted by Gasteiger charge is 2.20. The molecule has 7 heteroatoms. The molecule has 1 aromatic carbocycles. The van der Waals surface area contributed by atoms with Crippen molar-refractivity contribution in [3.63, 3.8) is 0 Å². The van der Waals surface area contributed by atoms with E-state index in [0.717, 1.165) is 29.4 Å². The summed E-state index contributed by atoms with van der Waals surface area (Å²) in [6.07, 6.45) is 2.73. The summed E-state index contributed by atoms with van der Waals surface area (Å²) in [5.74, 6) is 0.0437. The molecule has 0 saturated heterocycles. The van der Waals surface area contributed by atoms with Gasteiger partial charge in [0, 0.05) is 0 Å². The maximum Gasteiger partial charge on any atom is 0.233 e. The van der Waals surface area contributed by atoms with E-state index in [4.69, 9.17) is 0 Å². The van der Waals surface area contributed by atoms with Crippen LogP contribution in [0.25, 0.3) is 11.0 Å². The first-order valence-electron chi connectivity index (χ1n) is 8.17. The van der Waals surface area contributed by atoms with Crippen LogP contribution in [0.1, 0.15) is 37.6 Å². The number of amides is 2. The normalized spacial score (nSPS) is 12.1. The number of imidazole rings is 1. The zero-order valence-corrected chi connectivity index (χ0v) is 14.1. The molecule has 0 aliphatic rings. The number of nitrogens with zero attached hydrogens (tertiary/aromatic N) is 2. The van der Waals surface area contributed by atoms with Crippen molar-refractivity contribution in [1.29, 1.82) is 0 Å². The smallest absolute Gasteiger partial charge is 0.233 e. The second kappa shape index (κ2) is 8.44. The van der Waals surface area contributed by atoms with E-state index in [-0.39, 0.29) is 19.0 Å². The Kier molecular flexibility index (Phi) is 6.31. The van der Waals surface area contributed by atoms with Crippen molar-refractivity contribution in [2.24, 2.45) is 5.92 Å². The van der Waals surface area contributed by atoms with Crippen LogP contribution in [-0.4, -0.2) is 39.1 Å². The van der Waals surface area contributed by atoms with Crippen molar-refractivity contribution in [2.45, 2.75) is 39.7 Å². The molecule has 7 nitrogen and oxygen atoms in total. The van der Waals surface area contributed by atoms with Crippen LogP contribution in [0.5, 0.6) is 0 Å². The molecule has 0 fully saturated rings. The molecule has 130 valence electrons. The van der Waals surface area contributed by atoms with E-state index in [1.54, 1.807) is 0 Å². The number of hydrogen-bond donors (Lipinski definition) is 3. The number of rotatable bonds is 9. The van der Waals surface area contributed by atoms with Gasteiger partial charge in [-0.2, -0.15) is 0 Å². The van der Waals surface area contributed by atoms with Gasteiger partial charge in [-0.1, -0.05) is 25.8 Å². The van der Waals surface area contributed by atoms with Crippen LogP contribution in [0.3, 0.4) is 0 Å². The van der Waals surface area contributed by atoms with Crippen LogP contribution in [0.2, 0.25) is 0 Å². The van der Waals surface area contributed by atoms with Gasteiger partial charge in [0.05, 0.1) is 30.0 Å². The van der Waals surface area contributed by atoms with Gasteiger partial charge in [-0.05, 0) is 31.0 Å². The molecule has 24 heavy (non-hydrogen) atoms. The molecular weight excluding hydrogens is 308 g/mol. The summed E-state index contributed by atoms with van der Waals surface area (Å²) in [5.41, 5.74) is 2.93. The Morgan fingerprint density at radius 3 is 3.00 bits per heavy atom. The van der Waals surface area contributed by atoms with Gasteiger partial charge < -0.3 is 10.3 Å². The number of H-pyrrole nitrogens is 1. The van der Waals surface area contributed by atoms with Crippen molar-refractivity contribution in [3.05, 3.63) is 29.6 Å². The van der Waals surface area contributed by atoms with Crippen LogP contribution < -0.4 is 5.32 Å². The third-order valence-electron chi connectivity index (χ3n) is 3.92. The first-order valence-corrected chi connectivity index (χ1v) is 8.17. The van der Waals surface area contributed by atoms with Crippen molar-refractivity contribution in [2.75, 3.05) is 6.54 Å². The number of unbranched alkanes of at least 4 members (excludes halogenated alkanes) is 1. The lowest BCUT2D eigenvalue weighted by atomic mass is 10.0. The van der Waals surface area contributed by atoms with E-state index in [1.807, 2.05) is 32.0 Å². The Balaban J connectivity index is 1.98. The number of aromatic amines is 1. The lowest BCUT2D eigenvalue weighted by Crippen LogP contribution is -2.37. The lowest BCUT2D eigenvalue weighted by Gasteiger charge is -2.19. The second-order valence-corrected chi connectivity index (χ2v) is 5.99. The number of nitrogens with one attached hydrogen (secondary N) is 2. The maximum atomic E-state index is 12.3. The number of carbonyl (C=O) groups excluding carboxylic acids is 2. The highest BCUT2D eigenvalue weighted by molar-refractivity contribution is 5.79. The molecule has 2 amide bonds. The van der Waals surface area contributed by atoms with Gasteiger partial charge in [0.2, 0.25) is 12.3 Å². The third-order valence-corrected chi connectivity index (χ3v) is 3.92. The van der Waals surface area contributed by atoms with Crippen molar-refractivity contribution in [1.82, 2.24) is 20.3 Å². The summed E-state index contributed by atoms with van der Waals surface area (Å²) >= 11 is 0. The van der Waals surface area contributed by atoms with Crippen molar-refractivity contribution in [3.8, 4) is 0 Å². The Bertz CT molecular complexity index is 698. The highest BCUT2D eigenvalue weighted by atomic mass is 16.5. The monoisotopic (exact) mass is 332 g/mol. The fourth-order valence-corrected chi connectivity index (χ4v) is 2.60. The summed E-state index contributed by atoms with van der Waals surface area (Å²) in [4.78, 5) is 30.5. The fraction of sp³-hybridized carbons (Fsp3) is 0.471. The molecule has 2 aromatic rings. The minimum atomic E-state index is -0.438. The molecule has 3 N–H and O–H groups in total. The Hall–Kier alpha value is -2.41. The van der Waals surface area contributed by atoms with E-state index < -0.39 is 5.92 Å². The SMILES string of the molecule is CCCCC(CN(O)C=O)C(=O)NCc1nc2ccc(C)cc2[nH]1. The fourth-order valence-electron chi connectivity index (χ4n) is 2.60. The number of aromatic nitrogens is 2. The van der Waals surface area contributed by atoms with Gasteiger partial charge in [0.15, 0.2) is 0 Å². The van der Waals surface area contributed by atoms with Gasteiger partial charge in [-0.3, -0.25) is 14.8 Å². The van der Waals surface area contributed by atoms with Gasteiger partial charge in [-0.25, -0.2) is 10.0 Å².